The predicted octanol–water partition coefficient (Wildman–Crippen LogP) is 1.95. The molecule has 0 bridgehead atoms. The smallest absolute Gasteiger partial charge is 0.275 e. The number of nitrogens with zero attached hydrogens (tertiary/aromatic N) is 1. The number of alkyl halides is 3. The first-order chi connectivity index (χ1) is 10.7. The normalized spacial score (nSPS) is 15.2. The maximum Gasteiger partial charge on any atom is 0.417 e. The predicted molar refractivity (Wildman–Crippen MR) is 73.9 cm³/mol. The first-order valence-electron chi connectivity index (χ1n) is 6.13. The molecule has 10 heteroatoms. The molecule has 2 N–H and O–H groups in total. The van der Waals surface area contributed by atoms with E-state index in [-0.39, 0.29) is 12.1 Å². The maximum atomic E-state index is 12.7. The molecule has 0 unspecified atom stereocenters. The Morgan fingerprint density at radius 2 is 2.04 bits per heavy atom. The second kappa shape index (κ2) is 6.29. The van der Waals surface area contributed by atoms with Crippen molar-refractivity contribution in [2.45, 2.75) is 6.18 Å². The molecule has 1 saturated heterocycles. The van der Waals surface area contributed by atoms with Crippen molar-refractivity contribution in [3.05, 3.63) is 40.4 Å². The maximum absolute atomic E-state index is 12.7. The molecule has 122 valence electrons. The molecule has 23 heavy (non-hydrogen) atoms. The molecule has 1 heterocycles. The van der Waals surface area contributed by atoms with Crippen molar-refractivity contribution in [1.82, 2.24) is 15.8 Å². The zero-order chi connectivity index (χ0) is 17.2. The molecule has 1 aliphatic heterocycles. The summed E-state index contributed by atoms with van der Waals surface area (Å²) in [6, 6.07) is 2.36. The average molecular weight is 348 g/mol. The van der Waals surface area contributed by atoms with Crippen molar-refractivity contribution in [1.29, 1.82) is 0 Å². The molecule has 0 aromatic heterocycles. The lowest BCUT2D eigenvalue weighted by atomic mass is 10.1. The summed E-state index contributed by atoms with van der Waals surface area (Å²) in [4.78, 5) is 33.7. The molecule has 1 aromatic rings. The highest BCUT2D eigenvalue weighted by atomic mass is 35.5. The molecule has 0 atom stereocenters. The van der Waals surface area contributed by atoms with E-state index in [1.165, 1.54) is 6.07 Å². The Labute approximate surface area is 132 Å². The van der Waals surface area contributed by atoms with Crippen molar-refractivity contribution < 1.29 is 27.6 Å². The number of hydrazine groups is 1. The Bertz CT molecular complexity index is 703. The zero-order valence-corrected chi connectivity index (χ0v) is 12.0. The van der Waals surface area contributed by atoms with Crippen molar-refractivity contribution in [3.8, 4) is 0 Å². The number of carbonyl (C=O) groups is 3. The van der Waals surface area contributed by atoms with E-state index >= 15 is 0 Å². The van der Waals surface area contributed by atoms with Gasteiger partial charge in [-0.05, 0) is 23.8 Å². The van der Waals surface area contributed by atoms with E-state index in [4.69, 9.17) is 11.6 Å². The summed E-state index contributed by atoms with van der Waals surface area (Å²) in [6.45, 7) is -0.336. The summed E-state index contributed by atoms with van der Waals surface area (Å²) in [5.41, 5.74) is 1.19. The summed E-state index contributed by atoms with van der Waals surface area (Å²) >= 11 is 5.48. The second-order valence-electron chi connectivity index (χ2n) is 4.49. The van der Waals surface area contributed by atoms with Crippen LogP contribution in [0.1, 0.15) is 11.1 Å². The van der Waals surface area contributed by atoms with E-state index < -0.39 is 34.6 Å². The van der Waals surface area contributed by atoms with Gasteiger partial charge < -0.3 is 0 Å². The van der Waals surface area contributed by atoms with Gasteiger partial charge in [-0.25, -0.2) is 9.80 Å². The van der Waals surface area contributed by atoms with Crippen LogP contribution in [0.25, 0.3) is 6.08 Å². The number of halogens is 4. The van der Waals surface area contributed by atoms with Crippen LogP contribution >= 0.6 is 11.6 Å². The molecule has 1 aromatic carbocycles. The van der Waals surface area contributed by atoms with Gasteiger partial charge >= 0.3 is 12.2 Å². The molecule has 0 radical (unpaired) electrons. The van der Waals surface area contributed by atoms with E-state index in [0.29, 0.717) is 0 Å². The lowest BCUT2D eigenvalue weighted by Gasteiger charge is -2.12. The third-order valence-corrected chi connectivity index (χ3v) is 3.09. The van der Waals surface area contributed by atoms with Crippen LogP contribution in [0.5, 0.6) is 0 Å². The summed E-state index contributed by atoms with van der Waals surface area (Å²) in [7, 11) is 0. The fraction of sp³-hybridized carbons (Fsp3) is 0.154. The van der Waals surface area contributed by atoms with Crippen molar-refractivity contribution >= 4 is 35.5 Å². The minimum atomic E-state index is -4.61. The fourth-order valence-electron chi connectivity index (χ4n) is 1.74. The van der Waals surface area contributed by atoms with Crippen LogP contribution in [-0.4, -0.2) is 29.4 Å². The minimum Gasteiger partial charge on any atom is -0.275 e. The van der Waals surface area contributed by atoms with Crippen molar-refractivity contribution in [2.24, 2.45) is 0 Å². The quantitative estimate of drug-likeness (QED) is 0.648. The molecule has 1 aliphatic rings. The van der Waals surface area contributed by atoms with Gasteiger partial charge in [0.2, 0.25) is 5.91 Å². The lowest BCUT2D eigenvalue weighted by molar-refractivity contribution is -0.137. The van der Waals surface area contributed by atoms with Gasteiger partial charge in [0.05, 0.1) is 10.6 Å². The van der Waals surface area contributed by atoms with Crippen molar-refractivity contribution in [2.75, 3.05) is 6.54 Å². The van der Waals surface area contributed by atoms with E-state index in [1.807, 2.05) is 5.32 Å². The Kier molecular flexibility index (Phi) is 4.60. The Morgan fingerprint density at radius 3 is 2.61 bits per heavy atom. The number of hydrogen-bond donors (Lipinski definition) is 2. The van der Waals surface area contributed by atoms with Crippen molar-refractivity contribution in [3.63, 3.8) is 0 Å². The number of nitrogens with one attached hydrogen (secondary N) is 2. The molecule has 0 aliphatic carbocycles. The molecule has 4 amide bonds. The number of urea groups is 1. The first-order valence-corrected chi connectivity index (χ1v) is 6.51. The molecular formula is C13H9ClF3N3O3. The van der Waals surface area contributed by atoms with Gasteiger partial charge in [-0.15, -0.1) is 0 Å². The highest BCUT2D eigenvalue weighted by Gasteiger charge is 2.33. The minimum absolute atomic E-state index is 0.0961. The van der Waals surface area contributed by atoms with Gasteiger partial charge in [-0.3, -0.25) is 20.3 Å². The highest BCUT2D eigenvalue weighted by molar-refractivity contribution is 6.31. The topological polar surface area (TPSA) is 78.5 Å². The molecule has 2 rings (SSSR count). The van der Waals surface area contributed by atoms with Gasteiger partial charge in [0.25, 0.3) is 5.91 Å². The first kappa shape index (κ1) is 16.8. The third-order valence-electron chi connectivity index (χ3n) is 2.76. The number of benzene rings is 1. The number of hydrogen-bond acceptors (Lipinski definition) is 3. The number of carbonyl (C=O) groups excluding carboxylic acids is 3. The molecule has 0 saturated carbocycles. The Balaban J connectivity index is 2.07. The standard InChI is InChI=1S/C13H9ClF3N3O3/c14-9-3-1-7(5-8(9)13(15,16)17)2-4-10(21)19-20-6-11(22)18-12(20)23/h1-5H,6H2,(H,19,21)(H,18,22,23). The second-order valence-corrected chi connectivity index (χ2v) is 4.89. The molecule has 6 nitrogen and oxygen atoms in total. The van der Waals surface area contributed by atoms with Gasteiger partial charge in [0.15, 0.2) is 0 Å². The summed E-state index contributed by atoms with van der Waals surface area (Å²) < 4.78 is 38.1. The van der Waals surface area contributed by atoms with Gasteiger partial charge in [-0.1, -0.05) is 17.7 Å². The van der Waals surface area contributed by atoms with E-state index in [1.54, 1.807) is 0 Å². The monoisotopic (exact) mass is 347 g/mol. The number of imide groups is 1. The van der Waals surface area contributed by atoms with Crippen LogP contribution in [0.4, 0.5) is 18.0 Å². The number of amides is 4. The molecular weight excluding hydrogens is 339 g/mol. The lowest BCUT2D eigenvalue weighted by Crippen LogP contribution is -2.43. The summed E-state index contributed by atoms with van der Waals surface area (Å²) in [6.07, 6.45) is -2.56. The van der Waals surface area contributed by atoms with Gasteiger partial charge in [0.1, 0.15) is 6.54 Å². The Hall–Kier alpha value is -2.55. The van der Waals surface area contributed by atoms with Crippen LogP contribution in [-0.2, 0) is 15.8 Å². The fourth-order valence-corrected chi connectivity index (χ4v) is 1.96. The molecule has 1 fully saturated rings. The Morgan fingerprint density at radius 1 is 1.35 bits per heavy atom. The van der Waals surface area contributed by atoms with E-state index in [9.17, 15) is 27.6 Å². The molecule has 0 spiro atoms. The zero-order valence-electron chi connectivity index (χ0n) is 11.3. The van der Waals surface area contributed by atoms with Crippen LogP contribution < -0.4 is 10.7 Å². The van der Waals surface area contributed by atoms with E-state index in [0.717, 1.165) is 29.3 Å². The van der Waals surface area contributed by atoms with Crippen LogP contribution in [0.15, 0.2) is 24.3 Å². The third kappa shape index (κ3) is 4.22. The van der Waals surface area contributed by atoms with Crippen LogP contribution in [0.2, 0.25) is 5.02 Å². The van der Waals surface area contributed by atoms with Crippen LogP contribution in [0, 0.1) is 0 Å². The SMILES string of the molecule is O=C(C=Cc1ccc(Cl)c(C(F)(F)F)c1)NN1CC(=O)NC1=O. The van der Waals surface area contributed by atoms with Gasteiger partial charge in [0, 0.05) is 6.08 Å². The van der Waals surface area contributed by atoms with Crippen LogP contribution in [0.3, 0.4) is 0 Å². The summed E-state index contributed by atoms with van der Waals surface area (Å²) in [5, 5.41) is 2.24. The largest absolute Gasteiger partial charge is 0.417 e. The summed E-state index contributed by atoms with van der Waals surface area (Å²) in [5.74, 6) is -1.36. The number of rotatable bonds is 3. The average Bonchev–Trinajstić information content (AvgIpc) is 2.74. The van der Waals surface area contributed by atoms with E-state index in [2.05, 4.69) is 5.43 Å². The highest BCUT2D eigenvalue weighted by Crippen LogP contribution is 2.35. The van der Waals surface area contributed by atoms with Gasteiger partial charge in [-0.2, -0.15) is 13.2 Å².